The van der Waals surface area contributed by atoms with Crippen molar-refractivity contribution in [3.05, 3.63) is 40.7 Å². The third-order valence-corrected chi connectivity index (χ3v) is 5.01. The van der Waals surface area contributed by atoms with Crippen LogP contribution in [0, 0.1) is 13.8 Å². The van der Waals surface area contributed by atoms with Crippen molar-refractivity contribution in [3.63, 3.8) is 0 Å². The Morgan fingerprint density at radius 1 is 1.50 bits per heavy atom. The Kier molecular flexibility index (Phi) is 4.57. The van der Waals surface area contributed by atoms with Gasteiger partial charge < -0.3 is 14.3 Å². The molecule has 2 aromatic heterocycles. The van der Waals surface area contributed by atoms with Gasteiger partial charge >= 0.3 is 0 Å². The first-order valence-corrected chi connectivity index (χ1v) is 8.65. The molecule has 1 aliphatic rings. The Morgan fingerprint density at radius 2 is 2.36 bits per heavy atom. The average Bonchev–Trinajstić information content (AvgIpc) is 3.09. The summed E-state index contributed by atoms with van der Waals surface area (Å²) in [4.78, 5) is 12.1. The summed E-state index contributed by atoms with van der Waals surface area (Å²) in [6, 6.07) is 2.06. The third kappa shape index (κ3) is 3.21. The van der Waals surface area contributed by atoms with Gasteiger partial charge in [-0.05, 0) is 32.8 Å². The fourth-order valence-electron chi connectivity index (χ4n) is 2.83. The molecule has 0 bridgehead atoms. The molecule has 3 rings (SSSR count). The standard InChI is InChI=1S/C16H20N2O3S/c1-10-13(11(2)21-18-10)8-22-9-16(19)17-14-4-3-5-15-12(14)6-7-20-15/h6-7,14H,3-5,8-9H2,1-2H3,(H,17,19). The monoisotopic (exact) mass is 320 g/mol. The number of amides is 1. The fraction of sp³-hybridized carbons (Fsp3) is 0.500. The van der Waals surface area contributed by atoms with E-state index in [9.17, 15) is 4.79 Å². The minimum atomic E-state index is 0.0656. The molecule has 0 radical (unpaired) electrons. The van der Waals surface area contributed by atoms with Gasteiger partial charge in [-0.15, -0.1) is 11.8 Å². The van der Waals surface area contributed by atoms with Crippen LogP contribution in [0.3, 0.4) is 0 Å². The van der Waals surface area contributed by atoms with Gasteiger partial charge in [0.15, 0.2) is 0 Å². The number of rotatable bonds is 5. The predicted octanol–water partition coefficient (Wildman–Crippen LogP) is 3.31. The molecule has 5 nitrogen and oxygen atoms in total. The predicted molar refractivity (Wildman–Crippen MR) is 84.7 cm³/mol. The summed E-state index contributed by atoms with van der Waals surface area (Å²) >= 11 is 1.58. The number of carbonyl (C=O) groups is 1. The van der Waals surface area contributed by atoms with E-state index in [1.165, 1.54) is 0 Å². The van der Waals surface area contributed by atoms with Gasteiger partial charge in [-0.3, -0.25) is 4.79 Å². The maximum absolute atomic E-state index is 12.1. The molecule has 118 valence electrons. The number of furan rings is 1. The van der Waals surface area contributed by atoms with Crippen LogP contribution < -0.4 is 5.32 Å². The molecule has 0 spiro atoms. The second kappa shape index (κ2) is 6.60. The number of carbonyl (C=O) groups excluding carboxylic acids is 1. The maximum atomic E-state index is 12.1. The molecular formula is C16H20N2O3S. The number of hydrogen-bond acceptors (Lipinski definition) is 5. The van der Waals surface area contributed by atoms with Gasteiger partial charge in [-0.25, -0.2) is 0 Å². The Hall–Kier alpha value is -1.69. The molecule has 0 aliphatic heterocycles. The largest absolute Gasteiger partial charge is 0.469 e. The van der Waals surface area contributed by atoms with Crippen molar-refractivity contribution in [2.45, 2.75) is 44.9 Å². The molecule has 1 N–H and O–H groups in total. The van der Waals surface area contributed by atoms with Crippen LogP contribution in [0.2, 0.25) is 0 Å². The topological polar surface area (TPSA) is 68.3 Å². The van der Waals surface area contributed by atoms with Crippen LogP contribution in [0.5, 0.6) is 0 Å². The maximum Gasteiger partial charge on any atom is 0.230 e. The first kappa shape index (κ1) is 15.2. The molecule has 6 heteroatoms. The van der Waals surface area contributed by atoms with Crippen molar-refractivity contribution < 1.29 is 13.7 Å². The van der Waals surface area contributed by atoms with Crippen LogP contribution in [0.1, 0.15) is 47.2 Å². The summed E-state index contributed by atoms with van der Waals surface area (Å²) in [7, 11) is 0. The van der Waals surface area contributed by atoms with Crippen LogP contribution >= 0.6 is 11.8 Å². The van der Waals surface area contributed by atoms with E-state index in [1.807, 2.05) is 19.9 Å². The number of thioether (sulfide) groups is 1. The smallest absolute Gasteiger partial charge is 0.230 e. The number of fused-ring (bicyclic) bond motifs is 1. The van der Waals surface area contributed by atoms with Crippen LogP contribution in [0.4, 0.5) is 0 Å². The van der Waals surface area contributed by atoms with Crippen molar-refractivity contribution >= 4 is 17.7 Å². The van der Waals surface area contributed by atoms with Gasteiger partial charge in [-0.2, -0.15) is 0 Å². The molecule has 0 saturated heterocycles. The van der Waals surface area contributed by atoms with E-state index in [0.717, 1.165) is 53.4 Å². The number of aromatic nitrogens is 1. The SMILES string of the molecule is Cc1noc(C)c1CSCC(=O)NC1CCCc2occc21. The van der Waals surface area contributed by atoms with Crippen LogP contribution in [-0.2, 0) is 17.0 Å². The highest BCUT2D eigenvalue weighted by atomic mass is 32.2. The van der Waals surface area contributed by atoms with E-state index >= 15 is 0 Å². The van der Waals surface area contributed by atoms with Gasteiger partial charge in [0.05, 0.1) is 23.8 Å². The van der Waals surface area contributed by atoms with E-state index in [2.05, 4.69) is 10.5 Å². The zero-order valence-electron chi connectivity index (χ0n) is 12.8. The highest BCUT2D eigenvalue weighted by Gasteiger charge is 2.23. The molecule has 0 fully saturated rings. The summed E-state index contributed by atoms with van der Waals surface area (Å²) in [5.74, 6) is 3.10. The number of hydrogen-bond donors (Lipinski definition) is 1. The summed E-state index contributed by atoms with van der Waals surface area (Å²) in [5, 5.41) is 7.04. The Bertz CT molecular complexity index is 643. The molecule has 22 heavy (non-hydrogen) atoms. The van der Waals surface area contributed by atoms with Gasteiger partial charge in [0, 0.05) is 23.3 Å². The van der Waals surface area contributed by atoms with E-state index < -0.39 is 0 Å². The fourth-order valence-corrected chi connectivity index (χ4v) is 3.81. The highest BCUT2D eigenvalue weighted by molar-refractivity contribution is 7.99. The molecule has 0 saturated carbocycles. The van der Waals surface area contributed by atoms with Gasteiger partial charge in [0.25, 0.3) is 0 Å². The molecule has 0 aromatic carbocycles. The molecule has 1 amide bonds. The van der Waals surface area contributed by atoms with Crippen molar-refractivity contribution in [2.75, 3.05) is 5.75 Å². The zero-order valence-corrected chi connectivity index (χ0v) is 13.7. The first-order chi connectivity index (χ1) is 10.6. The van der Waals surface area contributed by atoms with Crippen LogP contribution in [0.15, 0.2) is 21.3 Å². The summed E-state index contributed by atoms with van der Waals surface area (Å²) < 4.78 is 10.6. The van der Waals surface area contributed by atoms with E-state index in [0.29, 0.717) is 5.75 Å². The highest BCUT2D eigenvalue weighted by Crippen LogP contribution is 2.30. The number of aryl methyl sites for hydroxylation is 3. The lowest BCUT2D eigenvalue weighted by Crippen LogP contribution is -2.31. The minimum Gasteiger partial charge on any atom is -0.469 e. The quantitative estimate of drug-likeness (QED) is 0.915. The Labute approximate surface area is 133 Å². The van der Waals surface area contributed by atoms with Crippen molar-refractivity contribution in [2.24, 2.45) is 0 Å². The molecule has 1 atom stereocenters. The summed E-state index contributed by atoms with van der Waals surface area (Å²) in [6.45, 7) is 3.83. The second-order valence-electron chi connectivity index (χ2n) is 5.61. The van der Waals surface area contributed by atoms with E-state index in [1.54, 1.807) is 18.0 Å². The molecule has 2 aromatic rings. The normalized spacial score (nSPS) is 17.3. The zero-order chi connectivity index (χ0) is 15.5. The summed E-state index contributed by atoms with van der Waals surface area (Å²) in [5.41, 5.74) is 3.13. The van der Waals surface area contributed by atoms with E-state index in [-0.39, 0.29) is 11.9 Å². The molecular weight excluding hydrogens is 300 g/mol. The lowest BCUT2D eigenvalue weighted by atomic mass is 9.93. The average molecular weight is 320 g/mol. The van der Waals surface area contributed by atoms with Gasteiger partial charge in [-0.1, -0.05) is 5.16 Å². The lowest BCUT2D eigenvalue weighted by Gasteiger charge is -2.22. The third-order valence-electron chi connectivity index (χ3n) is 4.05. The first-order valence-electron chi connectivity index (χ1n) is 7.50. The number of nitrogens with one attached hydrogen (secondary N) is 1. The van der Waals surface area contributed by atoms with Crippen LogP contribution in [-0.4, -0.2) is 16.8 Å². The minimum absolute atomic E-state index is 0.0656. The molecule has 1 unspecified atom stereocenters. The second-order valence-corrected chi connectivity index (χ2v) is 6.59. The van der Waals surface area contributed by atoms with Crippen molar-refractivity contribution in [1.82, 2.24) is 10.5 Å². The number of nitrogens with zero attached hydrogens (tertiary/aromatic N) is 1. The molecule has 2 heterocycles. The van der Waals surface area contributed by atoms with Gasteiger partial charge in [0.2, 0.25) is 5.91 Å². The lowest BCUT2D eigenvalue weighted by molar-refractivity contribution is -0.119. The van der Waals surface area contributed by atoms with Gasteiger partial charge in [0.1, 0.15) is 11.5 Å². The Morgan fingerprint density at radius 3 is 3.14 bits per heavy atom. The summed E-state index contributed by atoms with van der Waals surface area (Å²) in [6.07, 6.45) is 4.71. The van der Waals surface area contributed by atoms with Crippen molar-refractivity contribution in [1.29, 1.82) is 0 Å². The Balaban J connectivity index is 1.50. The molecule has 1 aliphatic carbocycles. The van der Waals surface area contributed by atoms with Crippen molar-refractivity contribution in [3.8, 4) is 0 Å². The van der Waals surface area contributed by atoms with Crippen LogP contribution in [0.25, 0.3) is 0 Å². The van der Waals surface area contributed by atoms with E-state index in [4.69, 9.17) is 8.94 Å².